The highest BCUT2D eigenvalue weighted by Crippen LogP contribution is 2.29. The van der Waals surface area contributed by atoms with Crippen LogP contribution in [0.15, 0.2) is 34.1 Å². The molecule has 0 saturated carbocycles. The molecule has 2 heterocycles. The predicted molar refractivity (Wildman–Crippen MR) is 109 cm³/mol. The molecule has 0 radical (unpaired) electrons. The van der Waals surface area contributed by atoms with Crippen LogP contribution in [0.3, 0.4) is 0 Å². The van der Waals surface area contributed by atoms with E-state index in [0.29, 0.717) is 11.3 Å². The maximum atomic E-state index is 12.7. The summed E-state index contributed by atoms with van der Waals surface area (Å²) < 4.78 is 29.3. The van der Waals surface area contributed by atoms with Crippen molar-refractivity contribution in [3.05, 3.63) is 56.9 Å². The lowest BCUT2D eigenvalue weighted by molar-refractivity contribution is 0.0600. The first-order valence-corrected chi connectivity index (χ1v) is 10.8. The number of benzene rings is 1. The number of pyridine rings is 1. The van der Waals surface area contributed by atoms with E-state index in [1.807, 2.05) is 6.07 Å². The van der Waals surface area contributed by atoms with Gasteiger partial charge in [0.2, 0.25) is 5.88 Å². The summed E-state index contributed by atoms with van der Waals surface area (Å²) in [5, 5.41) is 20.2. The first-order chi connectivity index (χ1) is 14.2. The van der Waals surface area contributed by atoms with Crippen molar-refractivity contribution in [2.75, 3.05) is 18.6 Å². The Bertz CT molecular complexity index is 1240. The maximum absolute atomic E-state index is 12.7. The minimum Gasteiger partial charge on any atom is -0.494 e. The summed E-state index contributed by atoms with van der Waals surface area (Å²) in [6.45, 7) is 1.51. The molecule has 1 N–H and O–H groups in total. The number of aromatic hydroxyl groups is 1. The molecule has 0 amide bonds. The molecule has 1 atom stereocenters. The van der Waals surface area contributed by atoms with Gasteiger partial charge in [0.15, 0.2) is 9.84 Å². The minimum absolute atomic E-state index is 0.0880. The van der Waals surface area contributed by atoms with Crippen molar-refractivity contribution in [1.82, 2.24) is 4.57 Å². The van der Waals surface area contributed by atoms with E-state index in [-0.39, 0.29) is 34.6 Å². The third-order valence-electron chi connectivity index (χ3n) is 5.00. The van der Waals surface area contributed by atoms with E-state index >= 15 is 0 Å². The second-order valence-corrected chi connectivity index (χ2v) is 9.11. The number of esters is 1. The number of hydrogen-bond acceptors (Lipinski definition) is 8. The highest BCUT2D eigenvalue weighted by atomic mass is 32.2. The number of nitrogens with zero attached hydrogens (tertiary/aromatic N) is 3. The quantitative estimate of drug-likeness (QED) is 0.575. The van der Waals surface area contributed by atoms with E-state index in [9.17, 15) is 28.4 Å². The zero-order valence-electron chi connectivity index (χ0n) is 16.3. The Morgan fingerprint density at radius 1 is 1.37 bits per heavy atom. The number of nitriles is 1. The van der Waals surface area contributed by atoms with Crippen molar-refractivity contribution in [2.24, 2.45) is 4.99 Å². The summed E-state index contributed by atoms with van der Waals surface area (Å²) in [5.41, 5.74) is 0.285. The van der Waals surface area contributed by atoms with Crippen molar-refractivity contribution in [3.8, 4) is 11.9 Å². The van der Waals surface area contributed by atoms with Crippen LogP contribution >= 0.6 is 0 Å². The smallest absolute Gasteiger partial charge is 0.337 e. The van der Waals surface area contributed by atoms with Gasteiger partial charge < -0.3 is 9.84 Å². The Morgan fingerprint density at radius 2 is 2.03 bits per heavy atom. The van der Waals surface area contributed by atoms with Crippen LogP contribution in [0, 0.1) is 18.3 Å². The molecule has 10 heteroatoms. The van der Waals surface area contributed by atoms with Crippen molar-refractivity contribution < 1.29 is 23.1 Å². The molecule has 9 nitrogen and oxygen atoms in total. The number of aromatic nitrogens is 1. The predicted octanol–water partition coefficient (Wildman–Crippen LogP) is 1.63. The molecule has 156 valence electrons. The van der Waals surface area contributed by atoms with Crippen LogP contribution in [0.25, 0.3) is 0 Å². The van der Waals surface area contributed by atoms with Crippen LogP contribution in [0.2, 0.25) is 0 Å². The van der Waals surface area contributed by atoms with Crippen LogP contribution in [0.5, 0.6) is 5.88 Å². The number of ether oxygens (including phenoxy) is 1. The fourth-order valence-electron chi connectivity index (χ4n) is 3.35. The van der Waals surface area contributed by atoms with Crippen LogP contribution in [-0.4, -0.2) is 48.9 Å². The number of aliphatic imine (C=N–C) groups is 1. The molecule has 2 aromatic rings. The summed E-state index contributed by atoms with van der Waals surface area (Å²) >= 11 is 0. The van der Waals surface area contributed by atoms with Gasteiger partial charge in [0.05, 0.1) is 41.5 Å². The molecular formula is C20H19N3O6S. The molecule has 0 aliphatic carbocycles. The molecule has 1 aromatic heterocycles. The van der Waals surface area contributed by atoms with Crippen molar-refractivity contribution in [3.63, 3.8) is 0 Å². The summed E-state index contributed by atoms with van der Waals surface area (Å²) in [5.74, 6) is -1.29. The fourth-order valence-corrected chi connectivity index (χ4v) is 5.05. The Hall–Kier alpha value is -3.45. The van der Waals surface area contributed by atoms with Gasteiger partial charge in [-0.3, -0.25) is 14.4 Å². The van der Waals surface area contributed by atoms with E-state index in [1.54, 1.807) is 12.1 Å². The van der Waals surface area contributed by atoms with Crippen LogP contribution in [0.4, 0.5) is 5.69 Å². The number of carbonyl (C=O) groups excluding carboxylic acids is 1. The standard InChI is InChI=1S/C20H19N3O6S/c1-12-16(9-21)18(24)23(15-7-8-30(27,28)11-15)19(25)17(12)10-22-14-5-3-13(4-6-14)20(26)29-2/h3-6,10,15,25H,7-8,11H2,1-2H3. The summed E-state index contributed by atoms with van der Waals surface area (Å²) in [6, 6.07) is 7.27. The maximum Gasteiger partial charge on any atom is 0.337 e. The van der Waals surface area contributed by atoms with Crippen molar-refractivity contribution in [2.45, 2.75) is 19.4 Å². The van der Waals surface area contributed by atoms with E-state index in [4.69, 9.17) is 0 Å². The van der Waals surface area contributed by atoms with Crippen LogP contribution in [0.1, 0.15) is 39.5 Å². The van der Waals surface area contributed by atoms with E-state index in [2.05, 4.69) is 9.73 Å². The molecule has 1 aromatic carbocycles. The van der Waals surface area contributed by atoms with Crippen LogP contribution < -0.4 is 5.56 Å². The number of rotatable bonds is 4. The Labute approximate surface area is 172 Å². The van der Waals surface area contributed by atoms with Gasteiger partial charge in [-0.2, -0.15) is 5.26 Å². The average Bonchev–Trinajstić information content (AvgIpc) is 3.07. The summed E-state index contributed by atoms with van der Waals surface area (Å²) in [6.07, 6.45) is 1.48. The SMILES string of the molecule is COC(=O)c1ccc(N=Cc2c(C)c(C#N)c(=O)n(C3CCS(=O)(=O)C3)c2O)cc1. The zero-order valence-corrected chi connectivity index (χ0v) is 17.1. The van der Waals surface area contributed by atoms with Gasteiger partial charge in [-0.15, -0.1) is 0 Å². The van der Waals surface area contributed by atoms with Gasteiger partial charge in [-0.05, 0) is 43.2 Å². The molecule has 1 aliphatic rings. The summed E-state index contributed by atoms with van der Waals surface area (Å²) in [7, 11) is -2.04. The van der Waals surface area contributed by atoms with E-state index in [1.165, 1.54) is 32.4 Å². The lowest BCUT2D eigenvalue weighted by Gasteiger charge is -2.18. The molecule has 3 rings (SSSR count). The molecular weight excluding hydrogens is 410 g/mol. The first-order valence-electron chi connectivity index (χ1n) is 8.99. The molecule has 1 aliphatic heterocycles. The van der Waals surface area contributed by atoms with Gasteiger partial charge in [-0.1, -0.05) is 0 Å². The van der Waals surface area contributed by atoms with Gasteiger partial charge in [0.25, 0.3) is 5.56 Å². The summed E-state index contributed by atoms with van der Waals surface area (Å²) in [4.78, 5) is 28.4. The lowest BCUT2D eigenvalue weighted by Crippen LogP contribution is -2.29. The zero-order chi connectivity index (χ0) is 22.1. The number of hydrogen-bond donors (Lipinski definition) is 1. The van der Waals surface area contributed by atoms with Gasteiger partial charge in [0.1, 0.15) is 11.6 Å². The second kappa shape index (κ2) is 8.12. The monoisotopic (exact) mass is 429 g/mol. The number of carbonyl (C=O) groups is 1. The van der Waals surface area contributed by atoms with Gasteiger partial charge in [-0.25, -0.2) is 13.2 Å². The van der Waals surface area contributed by atoms with E-state index in [0.717, 1.165) is 4.57 Å². The third-order valence-corrected chi connectivity index (χ3v) is 6.75. The molecule has 1 saturated heterocycles. The molecule has 0 spiro atoms. The van der Waals surface area contributed by atoms with Crippen molar-refractivity contribution >= 4 is 27.7 Å². The Balaban J connectivity index is 2.05. The third kappa shape index (κ3) is 3.97. The van der Waals surface area contributed by atoms with Crippen LogP contribution in [-0.2, 0) is 14.6 Å². The average molecular weight is 429 g/mol. The van der Waals surface area contributed by atoms with E-state index < -0.39 is 33.3 Å². The lowest BCUT2D eigenvalue weighted by atomic mass is 10.0. The Morgan fingerprint density at radius 3 is 2.57 bits per heavy atom. The number of methoxy groups -OCH3 is 1. The molecule has 0 bridgehead atoms. The highest BCUT2D eigenvalue weighted by Gasteiger charge is 2.33. The molecule has 1 unspecified atom stereocenters. The van der Waals surface area contributed by atoms with Gasteiger partial charge in [0, 0.05) is 6.21 Å². The molecule has 30 heavy (non-hydrogen) atoms. The molecule has 1 fully saturated rings. The minimum atomic E-state index is -3.31. The van der Waals surface area contributed by atoms with Crippen molar-refractivity contribution in [1.29, 1.82) is 5.26 Å². The largest absolute Gasteiger partial charge is 0.494 e. The topological polar surface area (TPSA) is 139 Å². The highest BCUT2D eigenvalue weighted by molar-refractivity contribution is 7.91. The fraction of sp³-hybridized carbons (Fsp3) is 0.300. The number of sulfone groups is 1. The first kappa shape index (κ1) is 21.3. The second-order valence-electron chi connectivity index (χ2n) is 6.88. The normalized spacial score (nSPS) is 17.7. The Kier molecular flexibility index (Phi) is 5.75. The van der Waals surface area contributed by atoms with Gasteiger partial charge >= 0.3 is 5.97 Å².